The summed E-state index contributed by atoms with van der Waals surface area (Å²) in [4.78, 5) is 28.3. The van der Waals surface area contributed by atoms with Crippen LogP contribution in [-0.4, -0.2) is 65.9 Å². The van der Waals surface area contributed by atoms with Gasteiger partial charge in [-0.05, 0) is 54.4 Å². The van der Waals surface area contributed by atoms with Gasteiger partial charge in [0.25, 0.3) is 0 Å². The van der Waals surface area contributed by atoms with Gasteiger partial charge in [0, 0.05) is 33.0 Å². The van der Waals surface area contributed by atoms with Crippen molar-refractivity contribution in [1.82, 2.24) is 9.80 Å². The Morgan fingerprint density at radius 1 is 1.03 bits per heavy atom. The van der Waals surface area contributed by atoms with E-state index in [1.807, 2.05) is 29.2 Å². The van der Waals surface area contributed by atoms with Crippen LogP contribution in [0.5, 0.6) is 17.2 Å². The third kappa shape index (κ3) is 6.79. The molecule has 0 radical (unpaired) electrons. The smallest absolute Gasteiger partial charge is 0.348 e. The van der Waals surface area contributed by atoms with Gasteiger partial charge in [-0.3, -0.25) is 0 Å². The van der Waals surface area contributed by atoms with Crippen LogP contribution in [0.25, 0.3) is 0 Å². The second kappa shape index (κ2) is 12.1. The van der Waals surface area contributed by atoms with Crippen LogP contribution in [0.2, 0.25) is 0 Å². The lowest BCUT2D eigenvalue weighted by Crippen LogP contribution is -2.43. The average Bonchev–Trinajstić information content (AvgIpc) is 3.19. The summed E-state index contributed by atoms with van der Waals surface area (Å²) < 4.78 is 30.7. The first-order chi connectivity index (χ1) is 18.7. The first-order valence-corrected chi connectivity index (χ1v) is 12.7. The van der Waals surface area contributed by atoms with E-state index in [4.69, 9.17) is 14.2 Å². The molecule has 1 fully saturated rings. The number of para-hydroxylation sites is 1. The Bertz CT molecular complexity index is 1280. The molecule has 2 atom stereocenters. The number of aliphatic carboxylic acids is 1. The van der Waals surface area contributed by atoms with E-state index in [9.17, 15) is 19.1 Å². The molecule has 8 nitrogen and oxygen atoms in total. The Labute approximate surface area is 227 Å². The monoisotopic (exact) mass is 536 g/mol. The minimum atomic E-state index is -1.65. The van der Waals surface area contributed by atoms with Crippen molar-refractivity contribution in [2.75, 3.05) is 27.3 Å². The summed E-state index contributed by atoms with van der Waals surface area (Å²) >= 11 is 0. The van der Waals surface area contributed by atoms with Crippen LogP contribution >= 0.6 is 0 Å². The molecule has 4 rings (SSSR count). The first kappa shape index (κ1) is 27.8. The van der Waals surface area contributed by atoms with E-state index < -0.39 is 17.4 Å². The SMILES string of the molecule is COc1ccc(CN2C[C@H](CCOc3ccc(C[C@](C)(Oc4ccccc4F)C(=O)O)cc3)N(C)C2=O)cc1. The molecular formula is C30H33FN2O6. The molecule has 0 unspecified atom stereocenters. The van der Waals surface area contributed by atoms with Gasteiger partial charge in [-0.2, -0.15) is 0 Å². The van der Waals surface area contributed by atoms with Gasteiger partial charge in [0.2, 0.25) is 5.60 Å². The Balaban J connectivity index is 1.28. The standard InChI is InChI=1S/C30H33FN2O6/c1-30(28(34)35,39-27-7-5-4-6-26(27)31)18-21-8-14-25(15-9-21)38-17-16-23-20-33(29(36)32(23)2)19-22-10-12-24(37-3)13-11-22/h4-15,23H,16-20H2,1-3H3,(H,34,35)/t23-,30-/m0/s1. The summed E-state index contributed by atoms with van der Waals surface area (Å²) in [6.45, 7) is 2.98. The number of likely N-dealkylation sites (N-methyl/N-ethyl adjacent to an activating group) is 1. The van der Waals surface area contributed by atoms with Crippen LogP contribution in [-0.2, 0) is 17.8 Å². The zero-order chi connectivity index (χ0) is 28.0. The van der Waals surface area contributed by atoms with Gasteiger partial charge in [-0.1, -0.05) is 36.4 Å². The van der Waals surface area contributed by atoms with Gasteiger partial charge in [0.15, 0.2) is 11.6 Å². The highest BCUT2D eigenvalue weighted by Gasteiger charge is 2.37. The number of hydrogen-bond acceptors (Lipinski definition) is 5. The van der Waals surface area contributed by atoms with Crippen molar-refractivity contribution in [2.45, 2.75) is 38.0 Å². The second-order valence-electron chi connectivity index (χ2n) is 9.80. The van der Waals surface area contributed by atoms with E-state index in [1.165, 1.54) is 25.1 Å². The van der Waals surface area contributed by atoms with Gasteiger partial charge < -0.3 is 29.1 Å². The molecule has 3 aromatic rings. The highest BCUT2D eigenvalue weighted by molar-refractivity contribution is 5.78. The number of ether oxygens (including phenoxy) is 3. The zero-order valence-corrected chi connectivity index (χ0v) is 22.3. The van der Waals surface area contributed by atoms with Gasteiger partial charge in [0.1, 0.15) is 11.5 Å². The van der Waals surface area contributed by atoms with Crippen LogP contribution in [0.15, 0.2) is 72.8 Å². The largest absolute Gasteiger partial charge is 0.497 e. The van der Waals surface area contributed by atoms with Crippen LogP contribution in [0, 0.1) is 5.82 Å². The predicted octanol–water partition coefficient (Wildman–Crippen LogP) is 5.00. The van der Waals surface area contributed by atoms with E-state index in [2.05, 4.69) is 0 Å². The number of carboxylic acid groups (broad SMARTS) is 1. The number of rotatable bonds is 12. The van der Waals surface area contributed by atoms with Crippen LogP contribution in [0.1, 0.15) is 24.5 Å². The Kier molecular flexibility index (Phi) is 8.59. The molecule has 9 heteroatoms. The van der Waals surface area contributed by atoms with Crippen molar-refractivity contribution < 1.29 is 33.3 Å². The van der Waals surface area contributed by atoms with Crippen molar-refractivity contribution in [3.05, 3.63) is 89.7 Å². The minimum absolute atomic E-state index is 0.0146. The maximum atomic E-state index is 14.0. The molecule has 1 heterocycles. The second-order valence-corrected chi connectivity index (χ2v) is 9.80. The van der Waals surface area contributed by atoms with Crippen molar-refractivity contribution >= 4 is 12.0 Å². The fraction of sp³-hybridized carbons (Fsp3) is 0.333. The predicted molar refractivity (Wildman–Crippen MR) is 144 cm³/mol. The average molecular weight is 537 g/mol. The highest BCUT2D eigenvalue weighted by Crippen LogP contribution is 2.26. The lowest BCUT2D eigenvalue weighted by atomic mass is 9.96. The Morgan fingerprint density at radius 2 is 1.67 bits per heavy atom. The quantitative estimate of drug-likeness (QED) is 0.350. The normalized spacial score (nSPS) is 16.6. The topological polar surface area (TPSA) is 88.5 Å². The Morgan fingerprint density at radius 3 is 2.31 bits per heavy atom. The molecule has 206 valence electrons. The molecule has 2 amide bonds. The van der Waals surface area contributed by atoms with Crippen LogP contribution in [0.3, 0.4) is 0 Å². The van der Waals surface area contributed by atoms with Gasteiger partial charge in [0.05, 0.1) is 19.8 Å². The molecule has 3 aromatic carbocycles. The van der Waals surface area contributed by atoms with Crippen LogP contribution in [0.4, 0.5) is 9.18 Å². The molecule has 0 spiro atoms. The fourth-order valence-corrected chi connectivity index (χ4v) is 4.53. The van der Waals surface area contributed by atoms with Gasteiger partial charge in [-0.25, -0.2) is 14.0 Å². The van der Waals surface area contributed by atoms with E-state index in [-0.39, 0.29) is 24.2 Å². The molecule has 0 bridgehead atoms. The Hall–Kier alpha value is -4.27. The summed E-state index contributed by atoms with van der Waals surface area (Å²) in [6, 6.07) is 20.5. The third-order valence-electron chi connectivity index (χ3n) is 6.89. The zero-order valence-electron chi connectivity index (χ0n) is 22.3. The van der Waals surface area contributed by atoms with Crippen molar-refractivity contribution in [3.63, 3.8) is 0 Å². The number of halogens is 1. The lowest BCUT2D eigenvalue weighted by Gasteiger charge is -2.26. The summed E-state index contributed by atoms with van der Waals surface area (Å²) in [5.41, 5.74) is 0.0914. The molecule has 1 N–H and O–H groups in total. The molecule has 1 saturated heterocycles. The van der Waals surface area contributed by atoms with E-state index in [0.717, 1.165) is 11.3 Å². The van der Waals surface area contributed by atoms with Gasteiger partial charge >= 0.3 is 12.0 Å². The first-order valence-electron chi connectivity index (χ1n) is 12.7. The van der Waals surface area contributed by atoms with Crippen molar-refractivity contribution in [1.29, 1.82) is 0 Å². The number of urea groups is 1. The lowest BCUT2D eigenvalue weighted by molar-refractivity contribution is -0.153. The van der Waals surface area contributed by atoms with E-state index in [1.54, 1.807) is 49.4 Å². The number of carbonyl (C=O) groups is 2. The molecule has 1 aliphatic heterocycles. The summed E-state index contributed by atoms with van der Waals surface area (Å²) in [7, 11) is 3.42. The summed E-state index contributed by atoms with van der Waals surface area (Å²) in [6.07, 6.45) is 0.701. The maximum Gasteiger partial charge on any atom is 0.348 e. The van der Waals surface area contributed by atoms with E-state index >= 15 is 0 Å². The molecule has 0 saturated carbocycles. The maximum absolute atomic E-state index is 14.0. The number of carbonyl (C=O) groups excluding carboxylic acids is 1. The summed E-state index contributed by atoms with van der Waals surface area (Å²) in [5.74, 6) is -0.513. The third-order valence-corrected chi connectivity index (χ3v) is 6.89. The highest BCUT2D eigenvalue weighted by atomic mass is 19.1. The fourth-order valence-electron chi connectivity index (χ4n) is 4.53. The van der Waals surface area contributed by atoms with Gasteiger partial charge in [-0.15, -0.1) is 0 Å². The molecule has 1 aliphatic rings. The molecule has 0 aliphatic carbocycles. The number of methoxy groups -OCH3 is 1. The number of benzene rings is 3. The number of amides is 2. The summed E-state index contributed by atoms with van der Waals surface area (Å²) in [5, 5.41) is 9.77. The number of carboxylic acids is 1. The van der Waals surface area contributed by atoms with E-state index in [0.29, 0.717) is 37.4 Å². The number of hydrogen-bond donors (Lipinski definition) is 1. The molecular weight excluding hydrogens is 503 g/mol. The van der Waals surface area contributed by atoms with Crippen molar-refractivity contribution in [2.24, 2.45) is 0 Å². The molecule has 39 heavy (non-hydrogen) atoms. The minimum Gasteiger partial charge on any atom is -0.497 e. The van der Waals surface area contributed by atoms with Crippen LogP contribution < -0.4 is 14.2 Å². The van der Waals surface area contributed by atoms with Crippen molar-refractivity contribution in [3.8, 4) is 17.2 Å². The molecule has 0 aromatic heterocycles. The number of nitrogens with zero attached hydrogens (tertiary/aromatic N) is 2.